The zero-order valence-corrected chi connectivity index (χ0v) is 21.6. The second-order valence-electron chi connectivity index (χ2n) is 10.4. The molecule has 3 aromatic carbocycles. The molecule has 2 aromatic heterocycles. The molecule has 7 nitrogen and oxygen atoms in total. The summed E-state index contributed by atoms with van der Waals surface area (Å²) in [5.41, 5.74) is 5.09. The van der Waals surface area contributed by atoms with Crippen molar-refractivity contribution in [2.45, 2.75) is 38.8 Å². The molecule has 0 amide bonds. The maximum Gasteiger partial charge on any atom is 0.253 e. The average Bonchev–Trinajstić information content (AvgIpc) is 3.39. The van der Waals surface area contributed by atoms with Crippen LogP contribution in [-0.4, -0.2) is 43.2 Å². The van der Waals surface area contributed by atoms with Crippen molar-refractivity contribution in [3.63, 3.8) is 0 Å². The topological polar surface area (TPSA) is 79.7 Å². The van der Waals surface area contributed by atoms with E-state index in [-0.39, 0.29) is 11.6 Å². The number of piperidine rings is 1. The number of aromatic nitrogens is 5. The molecule has 0 aliphatic carbocycles. The predicted molar refractivity (Wildman–Crippen MR) is 149 cm³/mol. The highest BCUT2D eigenvalue weighted by Crippen LogP contribution is 2.32. The van der Waals surface area contributed by atoms with Crippen molar-refractivity contribution in [1.82, 2.24) is 30.1 Å². The fourth-order valence-corrected chi connectivity index (χ4v) is 5.68. The lowest BCUT2D eigenvalue weighted by atomic mass is 9.89. The van der Waals surface area contributed by atoms with Crippen LogP contribution in [0.1, 0.15) is 47.0 Å². The van der Waals surface area contributed by atoms with Crippen molar-refractivity contribution in [3.8, 4) is 0 Å². The number of likely N-dealkylation sites (tertiary alicyclic amines) is 1. The third-order valence-electron chi connectivity index (χ3n) is 7.68. The van der Waals surface area contributed by atoms with Gasteiger partial charge >= 0.3 is 0 Å². The maximum absolute atomic E-state index is 13.5. The van der Waals surface area contributed by atoms with E-state index in [0.717, 1.165) is 54.4 Å². The molecule has 1 saturated heterocycles. The van der Waals surface area contributed by atoms with E-state index in [2.05, 4.69) is 80.9 Å². The van der Waals surface area contributed by atoms with E-state index in [0.29, 0.717) is 23.9 Å². The standard InChI is InChI=1S/C31H32N6O/c1-22-12-13-28-26(18-22)20-27(31(38)32-28)29(30-33-34-35-37(30)21-25-10-6-3-7-11-25)36-16-14-24(15-17-36)19-23-8-4-2-5-9-23/h2-13,18,20,24,29H,14-17,19,21H2,1H3,(H,32,38). The molecule has 0 spiro atoms. The Morgan fingerprint density at radius 3 is 2.37 bits per heavy atom. The Labute approximate surface area is 222 Å². The second kappa shape index (κ2) is 10.7. The number of aryl methyl sites for hydroxylation is 1. The minimum atomic E-state index is -0.333. The van der Waals surface area contributed by atoms with Gasteiger partial charge in [0, 0.05) is 11.1 Å². The van der Waals surface area contributed by atoms with E-state index in [4.69, 9.17) is 0 Å². The summed E-state index contributed by atoms with van der Waals surface area (Å²) in [7, 11) is 0. The largest absolute Gasteiger partial charge is 0.322 e. The van der Waals surface area contributed by atoms with Crippen LogP contribution in [0.25, 0.3) is 10.9 Å². The Balaban J connectivity index is 1.35. The van der Waals surface area contributed by atoms with Crippen molar-refractivity contribution in [2.24, 2.45) is 5.92 Å². The number of hydrogen-bond donors (Lipinski definition) is 1. The van der Waals surface area contributed by atoms with Crippen LogP contribution in [0.2, 0.25) is 0 Å². The lowest BCUT2D eigenvalue weighted by molar-refractivity contribution is 0.143. The van der Waals surface area contributed by atoms with E-state index >= 15 is 0 Å². The normalized spacial score (nSPS) is 15.6. The molecule has 38 heavy (non-hydrogen) atoms. The van der Waals surface area contributed by atoms with E-state index in [9.17, 15) is 4.79 Å². The van der Waals surface area contributed by atoms with Crippen LogP contribution in [0.3, 0.4) is 0 Å². The molecule has 1 aliphatic heterocycles. The lowest BCUT2D eigenvalue weighted by Gasteiger charge is -2.37. The van der Waals surface area contributed by atoms with Crippen molar-refractivity contribution in [1.29, 1.82) is 0 Å². The molecule has 7 heteroatoms. The second-order valence-corrected chi connectivity index (χ2v) is 10.4. The first-order chi connectivity index (χ1) is 18.6. The van der Waals surface area contributed by atoms with Crippen molar-refractivity contribution in [2.75, 3.05) is 13.1 Å². The molecule has 1 unspecified atom stereocenters. The van der Waals surface area contributed by atoms with Gasteiger partial charge in [-0.15, -0.1) is 5.10 Å². The molecular formula is C31H32N6O. The van der Waals surface area contributed by atoms with E-state index in [1.54, 1.807) is 0 Å². The number of rotatable bonds is 7. The van der Waals surface area contributed by atoms with Crippen molar-refractivity contribution >= 4 is 10.9 Å². The Kier molecular flexibility index (Phi) is 6.84. The fourth-order valence-electron chi connectivity index (χ4n) is 5.68. The first-order valence-electron chi connectivity index (χ1n) is 13.4. The van der Waals surface area contributed by atoms with Gasteiger partial charge in [0.05, 0.1) is 6.54 Å². The van der Waals surface area contributed by atoms with Crippen LogP contribution in [0.15, 0.2) is 89.7 Å². The Hall–Kier alpha value is -4.10. The molecule has 1 fully saturated rings. The lowest BCUT2D eigenvalue weighted by Crippen LogP contribution is -2.41. The Morgan fingerprint density at radius 2 is 1.63 bits per heavy atom. The molecule has 1 atom stereocenters. The summed E-state index contributed by atoms with van der Waals surface area (Å²) in [6.07, 6.45) is 3.22. The van der Waals surface area contributed by atoms with Gasteiger partial charge in [-0.05, 0) is 90.3 Å². The molecule has 0 saturated carbocycles. The van der Waals surface area contributed by atoms with Crippen molar-refractivity contribution < 1.29 is 0 Å². The minimum Gasteiger partial charge on any atom is -0.322 e. The summed E-state index contributed by atoms with van der Waals surface area (Å²) in [4.78, 5) is 19.0. The van der Waals surface area contributed by atoms with Crippen molar-refractivity contribution in [3.05, 3.63) is 123 Å². The van der Waals surface area contributed by atoms with Crippen LogP contribution in [0, 0.1) is 12.8 Å². The molecule has 1 N–H and O–H groups in total. The number of aromatic amines is 1. The SMILES string of the molecule is Cc1ccc2[nH]c(=O)c(C(c3nnnn3Cc3ccccc3)N3CCC(Cc4ccccc4)CC3)cc2c1. The van der Waals surface area contributed by atoms with Gasteiger partial charge in [0.25, 0.3) is 5.56 Å². The van der Waals surface area contributed by atoms with Gasteiger partial charge in [0.1, 0.15) is 6.04 Å². The van der Waals surface area contributed by atoms with Gasteiger partial charge in [-0.3, -0.25) is 9.69 Å². The first-order valence-corrected chi connectivity index (χ1v) is 13.4. The Morgan fingerprint density at radius 1 is 0.921 bits per heavy atom. The van der Waals surface area contributed by atoms with Gasteiger partial charge < -0.3 is 4.98 Å². The minimum absolute atomic E-state index is 0.0907. The highest BCUT2D eigenvalue weighted by molar-refractivity contribution is 5.79. The fraction of sp³-hybridized carbons (Fsp3) is 0.290. The Bertz CT molecular complexity index is 1570. The maximum atomic E-state index is 13.5. The number of nitrogens with zero attached hydrogens (tertiary/aromatic N) is 5. The first kappa shape index (κ1) is 24.2. The summed E-state index contributed by atoms with van der Waals surface area (Å²) >= 11 is 0. The van der Waals surface area contributed by atoms with Gasteiger partial charge in [-0.1, -0.05) is 72.3 Å². The summed E-state index contributed by atoms with van der Waals surface area (Å²) in [6, 6.07) is 28.7. The zero-order valence-electron chi connectivity index (χ0n) is 21.6. The van der Waals surface area contributed by atoms with Crippen LogP contribution < -0.4 is 5.56 Å². The highest BCUT2D eigenvalue weighted by Gasteiger charge is 2.33. The zero-order chi connectivity index (χ0) is 25.9. The van der Waals surface area contributed by atoms with Crippen LogP contribution >= 0.6 is 0 Å². The molecule has 3 heterocycles. The number of tetrazole rings is 1. The molecule has 192 valence electrons. The van der Waals surface area contributed by atoms with E-state index in [1.165, 1.54) is 5.56 Å². The van der Waals surface area contributed by atoms with Crippen LogP contribution in [0.5, 0.6) is 0 Å². The molecule has 6 rings (SSSR count). The number of hydrogen-bond acceptors (Lipinski definition) is 5. The van der Waals surface area contributed by atoms with Gasteiger partial charge in [0.2, 0.25) is 0 Å². The van der Waals surface area contributed by atoms with Gasteiger partial charge in [0.15, 0.2) is 5.82 Å². The predicted octanol–water partition coefficient (Wildman–Crippen LogP) is 4.92. The summed E-state index contributed by atoms with van der Waals surface area (Å²) in [6.45, 7) is 4.38. The molecule has 0 radical (unpaired) electrons. The molecule has 5 aromatic rings. The molecule has 0 bridgehead atoms. The third-order valence-corrected chi connectivity index (χ3v) is 7.68. The van der Waals surface area contributed by atoms with Crippen LogP contribution in [-0.2, 0) is 13.0 Å². The number of benzene rings is 3. The summed E-state index contributed by atoms with van der Waals surface area (Å²) in [5, 5.41) is 13.9. The number of pyridine rings is 1. The van der Waals surface area contributed by atoms with E-state index < -0.39 is 0 Å². The van der Waals surface area contributed by atoms with Gasteiger partial charge in [-0.2, -0.15) is 0 Å². The number of fused-ring (bicyclic) bond motifs is 1. The molecular weight excluding hydrogens is 472 g/mol. The quantitative estimate of drug-likeness (QED) is 0.341. The molecule has 1 aliphatic rings. The average molecular weight is 505 g/mol. The summed E-state index contributed by atoms with van der Waals surface area (Å²) < 4.78 is 1.84. The van der Waals surface area contributed by atoms with Crippen LogP contribution in [0.4, 0.5) is 0 Å². The van der Waals surface area contributed by atoms with Gasteiger partial charge in [-0.25, -0.2) is 4.68 Å². The smallest absolute Gasteiger partial charge is 0.253 e. The number of H-pyrrole nitrogens is 1. The van der Waals surface area contributed by atoms with E-state index in [1.807, 2.05) is 41.1 Å². The summed E-state index contributed by atoms with van der Waals surface area (Å²) in [5.74, 6) is 1.32. The number of nitrogens with one attached hydrogen (secondary N) is 1. The monoisotopic (exact) mass is 504 g/mol. The highest BCUT2D eigenvalue weighted by atomic mass is 16.1. The third kappa shape index (κ3) is 5.15.